The van der Waals surface area contributed by atoms with E-state index in [1.54, 1.807) is 11.3 Å². The van der Waals surface area contributed by atoms with Gasteiger partial charge < -0.3 is 10.4 Å². The summed E-state index contributed by atoms with van der Waals surface area (Å²) in [6, 6.07) is 2.02. The summed E-state index contributed by atoms with van der Waals surface area (Å²) in [7, 11) is 3.80. The zero-order valence-electron chi connectivity index (χ0n) is 9.97. The number of anilines is 1. The Morgan fingerprint density at radius 3 is 3.00 bits per heavy atom. The molecule has 2 rings (SSSR count). The third-order valence-electron chi connectivity index (χ3n) is 2.50. The number of hydrogen-bond acceptors (Lipinski definition) is 6. The molecule has 2 N–H and O–H groups in total. The summed E-state index contributed by atoms with van der Waals surface area (Å²) in [6.45, 7) is 1.42. The van der Waals surface area contributed by atoms with E-state index in [0.717, 1.165) is 21.9 Å². The first-order valence-electron chi connectivity index (χ1n) is 5.46. The molecule has 0 aliphatic heterocycles. The monoisotopic (exact) mass is 252 g/mol. The molecular formula is C11H16N4OS. The van der Waals surface area contributed by atoms with Crippen LogP contribution in [0.15, 0.2) is 11.4 Å². The van der Waals surface area contributed by atoms with E-state index in [1.807, 2.05) is 30.4 Å². The van der Waals surface area contributed by atoms with Crippen molar-refractivity contribution in [2.24, 2.45) is 0 Å². The lowest BCUT2D eigenvalue weighted by molar-refractivity contribution is 0.215. The maximum atomic E-state index is 8.86. The van der Waals surface area contributed by atoms with E-state index < -0.39 is 0 Å². The number of hydrogen-bond donors (Lipinski definition) is 2. The zero-order valence-corrected chi connectivity index (χ0v) is 10.8. The van der Waals surface area contributed by atoms with Gasteiger partial charge in [-0.2, -0.15) is 0 Å². The smallest absolute Gasteiger partial charge is 0.146 e. The van der Waals surface area contributed by atoms with Gasteiger partial charge in [-0.25, -0.2) is 9.97 Å². The molecule has 92 valence electrons. The summed E-state index contributed by atoms with van der Waals surface area (Å²) in [6.07, 6.45) is 0. The topological polar surface area (TPSA) is 61.3 Å². The number of aliphatic hydroxyl groups is 1. The first-order valence-corrected chi connectivity index (χ1v) is 6.34. The number of nitrogens with one attached hydrogen (secondary N) is 1. The standard InChI is InChI=1S/C11H16N4OS/c1-12-10-8-3-6-17-11(8)14-9(13-10)7-15(2)4-5-16/h3,6,16H,4-5,7H2,1-2H3,(H,12,13,14). The highest BCUT2D eigenvalue weighted by molar-refractivity contribution is 7.16. The van der Waals surface area contributed by atoms with Gasteiger partial charge in [0.1, 0.15) is 16.5 Å². The maximum absolute atomic E-state index is 8.86. The van der Waals surface area contributed by atoms with Crippen LogP contribution in [0.5, 0.6) is 0 Å². The number of thiophene rings is 1. The van der Waals surface area contributed by atoms with Crippen molar-refractivity contribution in [3.63, 3.8) is 0 Å². The highest BCUT2D eigenvalue weighted by Crippen LogP contribution is 2.24. The Labute approximate surface area is 104 Å². The number of fused-ring (bicyclic) bond motifs is 1. The van der Waals surface area contributed by atoms with Gasteiger partial charge in [0.25, 0.3) is 0 Å². The van der Waals surface area contributed by atoms with Crippen LogP contribution < -0.4 is 5.32 Å². The normalized spacial score (nSPS) is 11.3. The molecule has 0 atom stereocenters. The molecule has 0 radical (unpaired) electrons. The predicted molar refractivity (Wildman–Crippen MR) is 70.4 cm³/mol. The van der Waals surface area contributed by atoms with E-state index in [0.29, 0.717) is 13.1 Å². The van der Waals surface area contributed by atoms with Crippen LogP contribution in [0.25, 0.3) is 10.2 Å². The second-order valence-electron chi connectivity index (χ2n) is 3.84. The fourth-order valence-electron chi connectivity index (χ4n) is 1.65. The van der Waals surface area contributed by atoms with Crippen molar-refractivity contribution in [2.45, 2.75) is 6.54 Å². The molecule has 0 aromatic carbocycles. The summed E-state index contributed by atoms with van der Waals surface area (Å²) < 4.78 is 0. The molecule has 2 aromatic rings. The Kier molecular flexibility index (Phi) is 3.88. The van der Waals surface area contributed by atoms with E-state index in [-0.39, 0.29) is 6.61 Å². The first kappa shape index (κ1) is 12.2. The molecular weight excluding hydrogens is 236 g/mol. The average molecular weight is 252 g/mol. The van der Waals surface area contributed by atoms with Gasteiger partial charge in [0.05, 0.1) is 18.5 Å². The van der Waals surface area contributed by atoms with Crippen molar-refractivity contribution in [1.82, 2.24) is 14.9 Å². The highest BCUT2D eigenvalue weighted by Gasteiger charge is 2.09. The van der Waals surface area contributed by atoms with Crippen molar-refractivity contribution >= 4 is 27.4 Å². The number of rotatable bonds is 5. The van der Waals surface area contributed by atoms with Crippen LogP contribution in [0.4, 0.5) is 5.82 Å². The van der Waals surface area contributed by atoms with E-state index in [1.165, 1.54) is 0 Å². The minimum absolute atomic E-state index is 0.149. The highest BCUT2D eigenvalue weighted by atomic mass is 32.1. The Balaban J connectivity index is 2.28. The number of likely N-dealkylation sites (N-methyl/N-ethyl adjacent to an activating group) is 1. The van der Waals surface area contributed by atoms with Crippen LogP contribution in [-0.2, 0) is 6.54 Å². The largest absolute Gasteiger partial charge is 0.395 e. The molecule has 0 fully saturated rings. The van der Waals surface area contributed by atoms with E-state index in [2.05, 4.69) is 15.3 Å². The fraction of sp³-hybridized carbons (Fsp3) is 0.455. The number of nitrogens with zero attached hydrogens (tertiary/aromatic N) is 3. The third-order valence-corrected chi connectivity index (χ3v) is 3.31. The van der Waals surface area contributed by atoms with E-state index >= 15 is 0 Å². The summed E-state index contributed by atoms with van der Waals surface area (Å²) in [5.41, 5.74) is 0. The lowest BCUT2D eigenvalue weighted by Gasteiger charge is -2.14. The summed E-state index contributed by atoms with van der Waals surface area (Å²) in [4.78, 5) is 12.0. The molecule has 0 spiro atoms. The van der Waals surface area contributed by atoms with Crippen molar-refractivity contribution in [3.8, 4) is 0 Å². The number of aliphatic hydroxyl groups excluding tert-OH is 1. The molecule has 0 bridgehead atoms. The average Bonchev–Trinajstić information content (AvgIpc) is 2.76. The second-order valence-corrected chi connectivity index (χ2v) is 4.73. The van der Waals surface area contributed by atoms with Crippen molar-refractivity contribution < 1.29 is 5.11 Å². The van der Waals surface area contributed by atoms with Crippen LogP contribution in [0.1, 0.15) is 5.82 Å². The lowest BCUT2D eigenvalue weighted by Crippen LogP contribution is -2.22. The van der Waals surface area contributed by atoms with Crippen LogP contribution >= 0.6 is 11.3 Å². The van der Waals surface area contributed by atoms with Crippen molar-refractivity contribution in [1.29, 1.82) is 0 Å². The second kappa shape index (κ2) is 5.39. The molecule has 17 heavy (non-hydrogen) atoms. The van der Waals surface area contributed by atoms with Crippen molar-refractivity contribution in [3.05, 3.63) is 17.3 Å². The molecule has 2 heterocycles. The SMILES string of the molecule is CNc1nc(CN(C)CCO)nc2sccc12. The van der Waals surface area contributed by atoms with Crippen LogP contribution in [0, 0.1) is 0 Å². The quantitative estimate of drug-likeness (QED) is 0.836. The minimum atomic E-state index is 0.149. The van der Waals surface area contributed by atoms with Gasteiger partial charge in [-0.1, -0.05) is 0 Å². The Morgan fingerprint density at radius 2 is 2.29 bits per heavy atom. The first-order chi connectivity index (χ1) is 8.24. The molecule has 0 aliphatic rings. The zero-order chi connectivity index (χ0) is 12.3. The molecule has 0 saturated carbocycles. The Hall–Kier alpha value is -1.24. The molecule has 0 aliphatic carbocycles. The van der Waals surface area contributed by atoms with Gasteiger partial charge in [0.2, 0.25) is 0 Å². The van der Waals surface area contributed by atoms with Crippen LogP contribution in [0.3, 0.4) is 0 Å². The van der Waals surface area contributed by atoms with E-state index in [9.17, 15) is 0 Å². The molecule has 2 aromatic heterocycles. The van der Waals surface area contributed by atoms with Crippen molar-refractivity contribution in [2.75, 3.05) is 32.6 Å². The van der Waals surface area contributed by atoms with E-state index in [4.69, 9.17) is 5.11 Å². The minimum Gasteiger partial charge on any atom is -0.395 e. The van der Waals surface area contributed by atoms with Gasteiger partial charge in [-0.3, -0.25) is 4.90 Å². The van der Waals surface area contributed by atoms with Crippen LogP contribution in [0.2, 0.25) is 0 Å². The van der Waals surface area contributed by atoms with Gasteiger partial charge in [-0.05, 0) is 18.5 Å². The molecule has 5 nitrogen and oxygen atoms in total. The molecule has 0 amide bonds. The molecule has 0 unspecified atom stereocenters. The third kappa shape index (κ3) is 2.71. The summed E-state index contributed by atoms with van der Waals surface area (Å²) in [5.74, 6) is 1.64. The fourth-order valence-corrected chi connectivity index (χ4v) is 2.43. The van der Waals surface area contributed by atoms with Gasteiger partial charge in [0.15, 0.2) is 0 Å². The van der Waals surface area contributed by atoms with Gasteiger partial charge in [0, 0.05) is 13.6 Å². The Bertz CT molecular complexity index is 499. The van der Waals surface area contributed by atoms with Gasteiger partial charge >= 0.3 is 0 Å². The lowest BCUT2D eigenvalue weighted by atomic mass is 10.3. The van der Waals surface area contributed by atoms with Crippen LogP contribution in [-0.4, -0.2) is 47.2 Å². The maximum Gasteiger partial charge on any atom is 0.146 e. The Morgan fingerprint density at radius 1 is 1.47 bits per heavy atom. The summed E-state index contributed by atoms with van der Waals surface area (Å²) >= 11 is 1.61. The molecule has 6 heteroatoms. The predicted octanol–water partition coefficient (Wildman–Crippen LogP) is 1.16. The summed E-state index contributed by atoms with van der Waals surface area (Å²) in [5, 5.41) is 15.0. The molecule has 0 saturated heterocycles. The van der Waals surface area contributed by atoms with Gasteiger partial charge in [-0.15, -0.1) is 11.3 Å². The number of aromatic nitrogens is 2.